The smallest absolute Gasteiger partial charge is 0.263 e. The van der Waals surface area contributed by atoms with E-state index < -0.39 is 12.0 Å². The zero-order valence-corrected chi connectivity index (χ0v) is 21.4. The maximum absolute atomic E-state index is 13.0. The van der Waals surface area contributed by atoms with Crippen molar-refractivity contribution in [3.05, 3.63) is 65.1 Å². The number of benzene rings is 2. The third kappa shape index (κ3) is 5.18. The molecule has 1 aromatic heterocycles. The number of hydrogen-bond donors (Lipinski definition) is 1. The number of nitrogens with one attached hydrogen (secondary N) is 1. The highest BCUT2D eigenvalue weighted by Crippen LogP contribution is 2.41. The number of rotatable bonds is 6. The minimum atomic E-state index is -0.682. The second-order valence-electron chi connectivity index (χ2n) is 8.82. The molecule has 0 spiro atoms. The third-order valence-electron chi connectivity index (χ3n) is 6.14. The van der Waals surface area contributed by atoms with Crippen molar-refractivity contribution in [3.8, 4) is 23.0 Å². The van der Waals surface area contributed by atoms with Gasteiger partial charge >= 0.3 is 0 Å². The van der Waals surface area contributed by atoms with Gasteiger partial charge in [-0.1, -0.05) is 11.6 Å². The fraction of sp³-hybridized carbons (Fsp3) is 0.269. The summed E-state index contributed by atoms with van der Waals surface area (Å²) in [7, 11) is 3.39. The molecular formula is C26H24ClN5O6. The molecule has 12 heteroatoms. The van der Waals surface area contributed by atoms with Gasteiger partial charge in [-0.15, -0.1) is 0 Å². The average Bonchev–Trinajstić information content (AvgIpc) is 3.14. The second kappa shape index (κ2) is 10.5. The molecule has 1 unspecified atom stereocenters. The largest absolute Gasteiger partial charge is 0.489 e. The molecule has 196 valence electrons. The predicted molar refractivity (Wildman–Crippen MR) is 137 cm³/mol. The number of fused-ring (bicyclic) bond motifs is 1. The minimum absolute atomic E-state index is 0.121. The number of anilines is 1. The van der Waals surface area contributed by atoms with E-state index in [2.05, 4.69) is 15.3 Å². The summed E-state index contributed by atoms with van der Waals surface area (Å²) in [5.41, 5.74) is 0.522. The number of hydrogen-bond acceptors (Lipinski definition) is 8. The van der Waals surface area contributed by atoms with Crippen LogP contribution in [0.2, 0.25) is 5.02 Å². The van der Waals surface area contributed by atoms with Crippen molar-refractivity contribution in [1.29, 1.82) is 0 Å². The molecule has 1 atom stereocenters. The van der Waals surface area contributed by atoms with Crippen LogP contribution in [0.4, 0.5) is 5.82 Å². The zero-order valence-electron chi connectivity index (χ0n) is 20.6. The maximum atomic E-state index is 13.0. The normalized spacial score (nSPS) is 17.0. The molecule has 11 nitrogen and oxygen atoms in total. The molecule has 0 bridgehead atoms. The summed E-state index contributed by atoms with van der Waals surface area (Å²) in [4.78, 5) is 49.2. The van der Waals surface area contributed by atoms with Gasteiger partial charge in [0.1, 0.15) is 28.9 Å². The van der Waals surface area contributed by atoms with Crippen molar-refractivity contribution < 1.29 is 28.6 Å². The van der Waals surface area contributed by atoms with E-state index in [1.807, 2.05) is 0 Å². The van der Waals surface area contributed by atoms with Gasteiger partial charge in [0, 0.05) is 51.1 Å². The molecule has 3 heterocycles. The molecular weight excluding hydrogens is 514 g/mol. The number of aromatic nitrogens is 2. The van der Waals surface area contributed by atoms with Gasteiger partial charge in [-0.2, -0.15) is 0 Å². The SMILES string of the molecule is CN1CCOc2c(ccc(Oc3cc(OC4CCN(C)C4=O)cc(C(=O)Nc4cnccn4)c3)c2Cl)C1=O. The molecule has 3 amide bonds. The van der Waals surface area contributed by atoms with Gasteiger partial charge in [-0.25, -0.2) is 4.98 Å². The van der Waals surface area contributed by atoms with Crippen LogP contribution < -0.4 is 19.5 Å². The van der Waals surface area contributed by atoms with Crippen LogP contribution in [0.5, 0.6) is 23.0 Å². The number of carbonyl (C=O) groups is 3. The summed E-state index contributed by atoms with van der Waals surface area (Å²) >= 11 is 6.59. The number of ether oxygens (including phenoxy) is 3. The molecule has 5 rings (SSSR count). The van der Waals surface area contributed by atoms with Crippen molar-refractivity contribution >= 4 is 35.1 Å². The molecule has 3 aromatic rings. The Morgan fingerprint density at radius 3 is 2.66 bits per heavy atom. The Bertz CT molecular complexity index is 1400. The molecule has 0 aliphatic carbocycles. The van der Waals surface area contributed by atoms with E-state index in [0.717, 1.165) is 0 Å². The fourth-order valence-electron chi connectivity index (χ4n) is 4.09. The van der Waals surface area contributed by atoms with E-state index >= 15 is 0 Å². The van der Waals surface area contributed by atoms with Crippen LogP contribution in [0, 0.1) is 0 Å². The molecule has 1 N–H and O–H groups in total. The first kappa shape index (κ1) is 25.3. The van der Waals surface area contributed by atoms with Gasteiger partial charge in [-0.05, 0) is 24.3 Å². The number of carbonyl (C=O) groups excluding carboxylic acids is 3. The quantitative estimate of drug-likeness (QED) is 0.508. The molecule has 2 aliphatic heterocycles. The van der Waals surface area contributed by atoms with Crippen LogP contribution >= 0.6 is 11.6 Å². The Morgan fingerprint density at radius 1 is 1.11 bits per heavy atom. The highest BCUT2D eigenvalue weighted by molar-refractivity contribution is 6.34. The molecule has 0 radical (unpaired) electrons. The fourth-order valence-corrected chi connectivity index (χ4v) is 4.35. The number of halogens is 1. The van der Waals surface area contributed by atoms with Gasteiger partial charge in [0.05, 0.1) is 18.3 Å². The summed E-state index contributed by atoms with van der Waals surface area (Å²) in [6.07, 6.45) is 4.19. The number of likely N-dealkylation sites (tertiary alicyclic amines) is 1. The lowest BCUT2D eigenvalue weighted by Gasteiger charge is -2.17. The van der Waals surface area contributed by atoms with Crippen molar-refractivity contribution in [3.63, 3.8) is 0 Å². The Labute approximate surface area is 223 Å². The highest BCUT2D eigenvalue weighted by atomic mass is 35.5. The van der Waals surface area contributed by atoms with Gasteiger partial charge in [0.15, 0.2) is 17.7 Å². The van der Waals surface area contributed by atoms with E-state index in [9.17, 15) is 14.4 Å². The lowest BCUT2D eigenvalue weighted by atomic mass is 10.1. The van der Waals surface area contributed by atoms with Gasteiger partial charge in [0.2, 0.25) is 0 Å². The van der Waals surface area contributed by atoms with Crippen LogP contribution in [0.25, 0.3) is 0 Å². The lowest BCUT2D eigenvalue weighted by Crippen LogP contribution is -2.29. The highest BCUT2D eigenvalue weighted by Gasteiger charge is 2.31. The predicted octanol–water partition coefficient (Wildman–Crippen LogP) is 3.25. The van der Waals surface area contributed by atoms with Crippen LogP contribution in [-0.4, -0.2) is 77.4 Å². The summed E-state index contributed by atoms with van der Waals surface area (Å²) in [6.45, 7) is 1.26. The number of likely N-dealkylation sites (N-methyl/N-ethyl adjacent to an activating group) is 2. The van der Waals surface area contributed by atoms with Crippen LogP contribution in [-0.2, 0) is 4.79 Å². The number of nitrogens with zero attached hydrogens (tertiary/aromatic N) is 4. The summed E-state index contributed by atoms with van der Waals surface area (Å²) < 4.78 is 17.7. The molecule has 2 aliphatic rings. The van der Waals surface area contributed by atoms with Crippen molar-refractivity contribution in [2.45, 2.75) is 12.5 Å². The van der Waals surface area contributed by atoms with Gasteiger partial charge in [-0.3, -0.25) is 19.4 Å². The van der Waals surface area contributed by atoms with Crippen molar-refractivity contribution in [2.75, 3.05) is 39.1 Å². The Hall–Kier alpha value is -4.38. The van der Waals surface area contributed by atoms with Gasteiger partial charge in [0.25, 0.3) is 17.7 Å². The van der Waals surface area contributed by atoms with E-state index in [4.69, 9.17) is 25.8 Å². The van der Waals surface area contributed by atoms with Crippen LogP contribution in [0.1, 0.15) is 27.1 Å². The van der Waals surface area contributed by atoms with Crippen molar-refractivity contribution in [2.24, 2.45) is 0 Å². The Balaban J connectivity index is 1.47. The first-order valence-electron chi connectivity index (χ1n) is 11.8. The molecule has 0 saturated carbocycles. The summed E-state index contributed by atoms with van der Waals surface area (Å²) in [6, 6.07) is 7.72. The molecule has 38 heavy (non-hydrogen) atoms. The standard InChI is InChI=1S/C26H24ClN5O6/c1-31-8-5-20(26(31)35)38-17-12-15(24(33)30-21-14-28-6-7-29-21)11-16(13-17)37-19-4-3-18-23(22(19)27)36-10-9-32(2)25(18)34/h3-4,6-7,11-14,20H,5,8-10H2,1-2H3,(H,29,30,33). The monoisotopic (exact) mass is 537 g/mol. The summed E-state index contributed by atoms with van der Waals surface area (Å²) in [5, 5.41) is 2.79. The molecule has 1 fully saturated rings. The minimum Gasteiger partial charge on any atom is -0.489 e. The first-order valence-corrected chi connectivity index (χ1v) is 12.2. The van der Waals surface area contributed by atoms with Gasteiger partial charge < -0.3 is 29.3 Å². The third-order valence-corrected chi connectivity index (χ3v) is 6.50. The second-order valence-corrected chi connectivity index (χ2v) is 9.20. The summed E-state index contributed by atoms with van der Waals surface area (Å²) in [5.74, 6) is 0.352. The van der Waals surface area contributed by atoms with E-state index in [1.165, 1.54) is 30.7 Å². The average molecular weight is 538 g/mol. The van der Waals surface area contributed by atoms with Crippen LogP contribution in [0.3, 0.4) is 0 Å². The maximum Gasteiger partial charge on any atom is 0.263 e. The van der Waals surface area contributed by atoms with E-state index in [0.29, 0.717) is 25.1 Å². The first-order chi connectivity index (χ1) is 18.3. The Kier molecular flexibility index (Phi) is 7.01. The van der Waals surface area contributed by atoms with Crippen molar-refractivity contribution in [1.82, 2.24) is 19.8 Å². The molecule has 2 aromatic carbocycles. The molecule has 1 saturated heterocycles. The van der Waals surface area contributed by atoms with E-state index in [-0.39, 0.29) is 57.8 Å². The van der Waals surface area contributed by atoms with Crippen LogP contribution in [0.15, 0.2) is 48.9 Å². The zero-order chi connectivity index (χ0) is 26.8. The topological polar surface area (TPSA) is 123 Å². The Morgan fingerprint density at radius 2 is 1.92 bits per heavy atom. The lowest BCUT2D eigenvalue weighted by molar-refractivity contribution is -0.132. The van der Waals surface area contributed by atoms with E-state index in [1.54, 1.807) is 42.1 Å². The number of amides is 3.